The molecule has 1 rings (SSSR count). The van der Waals surface area contributed by atoms with Gasteiger partial charge in [0.25, 0.3) is 0 Å². The summed E-state index contributed by atoms with van der Waals surface area (Å²) in [6, 6.07) is 9.33. The number of hydrogen-bond donors (Lipinski definition) is 0. The van der Waals surface area contributed by atoms with Crippen molar-refractivity contribution >= 4 is 0 Å². The number of ether oxygens (including phenoxy) is 1. The van der Waals surface area contributed by atoms with E-state index in [4.69, 9.17) is 4.74 Å². The first-order valence-corrected chi connectivity index (χ1v) is 13.1. The zero-order chi connectivity index (χ0) is 22.1. The van der Waals surface area contributed by atoms with Crippen molar-refractivity contribution in [3.05, 3.63) is 35.4 Å². The molecule has 0 radical (unpaired) electrons. The molecule has 30 heavy (non-hydrogen) atoms. The zero-order valence-corrected chi connectivity index (χ0v) is 21.1. The topological polar surface area (TPSA) is 9.23 Å². The minimum absolute atomic E-state index is 0.429. The Labute approximate surface area is 189 Å². The van der Waals surface area contributed by atoms with E-state index >= 15 is 0 Å². The molecule has 0 heterocycles. The van der Waals surface area contributed by atoms with Crippen molar-refractivity contribution in [1.82, 2.24) is 0 Å². The van der Waals surface area contributed by atoms with E-state index in [0.29, 0.717) is 5.41 Å². The molecule has 0 saturated heterocycles. The molecular formula is C29H52O. The highest BCUT2D eigenvalue weighted by Gasteiger charge is 2.13. The van der Waals surface area contributed by atoms with E-state index in [0.717, 1.165) is 19.1 Å². The molecule has 0 unspecified atom stereocenters. The van der Waals surface area contributed by atoms with Gasteiger partial charge in [-0.25, -0.2) is 0 Å². The van der Waals surface area contributed by atoms with E-state index < -0.39 is 0 Å². The van der Waals surface area contributed by atoms with Gasteiger partial charge in [0.15, 0.2) is 0 Å². The third-order valence-corrected chi connectivity index (χ3v) is 6.62. The first kappa shape index (κ1) is 27.2. The van der Waals surface area contributed by atoms with Crippen LogP contribution in [0, 0.1) is 11.3 Å². The Balaban J connectivity index is 2.04. The highest BCUT2D eigenvalue weighted by Crippen LogP contribution is 2.24. The number of unbranched alkanes of at least 4 members (excludes halogenated alkanes) is 7. The van der Waals surface area contributed by atoms with Gasteiger partial charge in [0, 0.05) is 13.2 Å². The van der Waals surface area contributed by atoms with E-state index in [1.54, 1.807) is 0 Å². The van der Waals surface area contributed by atoms with Gasteiger partial charge in [0.2, 0.25) is 0 Å². The van der Waals surface area contributed by atoms with Crippen molar-refractivity contribution in [3.8, 4) is 0 Å². The highest BCUT2D eigenvalue weighted by atomic mass is 16.5. The average Bonchev–Trinajstić information content (AvgIpc) is 2.72. The van der Waals surface area contributed by atoms with Crippen molar-refractivity contribution in [1.29, 1.82) is 0 Å². The van der Waals surface area contributed by atoms with E-state index in [1.165, 1.54) is 101 Å². The molecule has 0 aliphatic heterocycles. The molecule has 1 aromatic rings. The Bertz CT molecular complexity index is 517. The Morgan fingerprint density at radius 1 is 0.767 bits per heavy atom. The second-order valence-electron chi connectivity index (χ2n) is 10.6. The van der Waals surface area contributed by atoms with E-state index in [1.807, 2.05) is 0 Å². The molecule has 0 N–H and O–H groups in total. The lowest BCUT2D eigenvalue weighted by Gasteiger charge is -2.22. The van der Waals surface area contributed by atoms with Gasteiger partial charge < -0.3 is 4.74 Å². The Hall–Kier alpha value is -0.820. The highest BCUT2D eigenvalue weighted by molar-refractivity contribution is 5.23. The van der Waals surface area contributed by atoms with Crippen LogP contribution in [0.25, 0.3) is 0 Å². The van der Waals surface area contributed by atoms with Gasteiger partial charge in [-0.2, -0.15) is 0 Å². The lowest BCUT2D eigenvalue weighted by atomic mass is 9.87. The molecule has 0 saturated carbocycles. The molecule has 0 aliphatic carbocycles. The quantitative estimate of drug-likeness (QED) is 0.204. The molecule has 0 atom stereocenters. The maximum absolute atomic E-state index is 5.84. The van der Waals surface area contributed by atoms with Gasteiger partial charge in [0.1, 0.15) is 0 Å². The Kier molecular flexibility index (Phi) is 15.3. The molecule has 0 spiro atoms. The normalized spacial score (nSPS) is 12.1. The first-order valence-electron chi connectivity index (χ1n) is 13.1. The molecule has 1 aromatic carbocycles. The third-order valence-electron chi connectivity index (χ3n) is 6.62. The maximum Gasteiger partial charge on any atom is 0.0471 e. The monoisotopic (exact) mass is 416 g/mol. The summed E-state index contributed by atoms with van der Waals surface area (Å²) >= 11 is 0. The van der Waals surface area contributed by atoms with Crippen LogP contribution in [-0.2, 0) is 17.6 Å². The fourth-order valence-electron chi connectivity index (χ4n) is 3.87. The van der Waals surface area contributed by atoms with Crippen LogP contribution in [0.15, 0.2) is 24.3 Å². The van der Waals surface area contributed by atoms with Gasteiger partial charge in [-0.05, 0) is 61.0 Å². The summed E-state index contributed by atoms with van der Waals surface area (Å²) in [5.41, 5.74) is 3.49. The fraction of sp³-hybridized carbons (Fsp3) is 0.793. The Morgan fingerprint density at radius 3 is 1.93 bits per heavy atom. The van der Waals surface area contributed by atoms with E-state index in [9.17, 15) is 0 Å². The zero-order valence-electron chi connectivity index (χ0n) is 21.1. The molecule has 0 amide bonds. The fourth-order valence-corrected chi connectivity index (χ4v) is 3.87. The molecule has 0 aromatic heterocycles. The van der Waals surface area contributed by atoms with Crippen LogP contribution in [-0.4, -0.2) is 13.2 Å². The van der Waals surface area contributed by atoms with Crippen molar-refractivity contribution in [2.24, 2.45) is 11.3 Å². The van der Waals surface area contributed by atoms with Crippen LogP contribution >= 0.6 is 0 Å². The summed E-state index contributed by atoms with van der Waals surface area (Å²) < 4.78 is 5.84. The van der Waals surface area contributed by atoms with Crippen LogP contribution in [0.1, 0.15) is 123 Å². The van der Waals surface area contributed by atoms with Crippen molar-refractivity contribution < 1.29 is 4.74 Å². The molecule has 0 aliphatic rings. The lowest BCUT2D eigenvalue weighted by molar-refractivity contribution is 0.0995. The van der Waals surface area contributed by atoms with Gasteiger partial charge >= 0.3 is 0 Å². The standard InChI is InChI=1S/C29H52O/c1-6-29(4,5)22-24-30-23-15-11-14-19-28-21-16-20-27(25-28)18-13-10-8-7-9-12-17-26(2)3/h16,20-21,25-26H,6-15,17-19,22-24H2,1-5H3. The van der Waals surface area contributed by atoms with Crippen molar-refractivity contribution in [2.45, 2.75) is 125 Å². The minimum atomic E-state index is 0.429. The molecule has 0 bridgehead atoms. The van der Waals surface area contributed by atoms with Crippen LogP contribution in [0.3, 0.4) is 0 Å². The average molecular weight is 417 g/mol. The SMILES string of the molecule is CCC(C)(C)CCOCCCCCc1cccc(CCCCCCCCC(C)C)c1. The summed E-state index contributed by atoms with van der Waals surface area (Å²) in [5.74, 6) is 0.869. The molecule has 0 fully saturated rings. The summed E-state index contributed by atoms with van der Waals surface area (Å²) in [6.45, 7) is 13.4. The minimum Gasteiger partial charge on any atom is -0.381 e. The number of aryl methyl sites for hydroxylation is 2. The van der Waals surface area contributed by atoms with Crippen LogP contribution < -0.4 is 0 Å². The lowest BCUT2D eigenvalue weighted by Crippen LogP contribution is -2.13. The first-order chi connectivity index (χ1) is 14.4. The second kappa shape index (κ2) is 16.8. The van der Waals surface area contributed by atoms with E-state index in [2.05, 4.69) is 58.9 Å². The largest absolute Gasteiger partial charge is 0.381 e. The van der Waals surface area contributed by atoms with Gasteiger partial charge in [-0.3, -0.25) is 0 Å². The molecule has 1 nitrogen and oxygen atoms in total. The van der Waals surface area contributed by atoms with Crippen molar-refractivity contribution in [2.75, 3.05) is 13.2 Å². The molecule has 174 valence electrons. The maximum atomic E-state index is 5.84. The van der Waals surface area contributed by atoms with Gasteiger partial charge in [0.05, 0.1) is 0 Å². The Morgan fingerprint density at radius 2 is 1.33 bits per heavy atom. The number of rotatable bonds is 19. The van der Waals surface area contributed by atoms with Crippen LogP contribution in [0.4, 0.5) is 0 Å². The van der Waals surface area contributed by atoms with Crippen LogP contribution in [0.5, 0.6) is 0 Å². The number of benzene rings is 1. The van der Waals surface area contributed by atoms with Gasteiger partial charge in [-0.15, -0.1) is 0 Å². The predicted octanol–water partition coefficient (Wildman–Crippen LogP) is 9.17. The summed E-state index contributed by atoms with van der Waals surface area (Å²) in [5, 5.41) is 0. The summed E-state index contributed by atoms with van der Waals surface area (Å²) in [6.07, 6.45) is 18.4. The molecular weight excluding hydrogens is 364 g/mol. The number of hydrogen-bond acceptors (Lipinski definition) is 1. The van der Waals surface area contributed by atoms with Crippen LogP contribution in [0.2, 0.25) is 0 Å². The second-order valence-corrected chi connectivity index (χ2v) is 10.6. The predicted molar refractivity (Wildman–Crippen MR) is 134 cm³/mol. The summed E-state index contributed by atoms with van der Waals surface area (Å²) in [4.78, 5) is 0. The summed E-state index contributed by atoms with van der Waals surface area (Å²) in [7, 11) is 0. The molecule has 1 heteroatoms. The van der Waals surface area contributed by atoms with E-state index in [-0.39, 0.29) is 0 Å². The smallest absolute Gasteiger partial charge is 0.0471 e. The van der Waals surface area contributed by atoms with Gasteiger partial charge in [-0.1, -0.05) is 110 Å². The third kappa shape index (κ3) is 15.1. The van der Waals surface area contributed by atoms with Crippen molar-refractivity contribution in [3.63, 3.8) is 0 Å².